The third-order valence-corrected chi connectivity index (χ3v) is 6.03. The van der Waals surface area contributed by atoms with Gasteiger partial charge in [0.15, 0.2) is 0 Å². The number of hydrogen-bond acceptors (Lipinski definition) is 6. The second-order valence-electron chi connectivity index (χ2n) is 6.54. The topological polar surface area (TPSA) is 101 Å². The van der Waals surface area contributed by atoms with Crippen molar-refractivity contribution in [2.24, 2.45) is 0 Å². The van der Waals surface area contributed by atoms with E-state index in [4.69, 9.17) is 4.74 Å². The van der Waals surface area contributed by atoms with E-state index in [9.17, 15) is 22.8 Å². The molecule has 2 aliphatic heterocycles. The van der Waals surface area contributed by atoms with E-state index in [-0.39, 0.29) is 23.3 Å². The van der Waals surface area contributed by atoms with Gasteiger partial charge in [-0.2, -0.15) is 0 Å². The van der Waals surface area contributed by atoms with E-state index < -0.39 is 33.6 Å². The van der Waals surface area contributed by atoms with Gasteiger partial charge in [-0.15, -0.1) is 0 Å². The molecule has 1 saturated heterocycles. The molecule has 3 amide bonds. The first kappa shape index (κ1) is 20.0. The Bertz CT molecular complexity index is 895. The molecule has 0 unspecified atom stereocenters. The van der Waals surface area contributed by atoms with Crippen molar-refractivity contribution in [2.45, 2.75) is 12.5 Å². The zero-order valence-corrected chi connectivity index (χ0v) is 17.1. The van der Waals surface area contributed by atoms with Gasteiger partial charge in [0.05, 0.1) is 30.1 Å². The smallest absolute Gasteiger partial charge is 0.262 e. The van der Waals surface area contributed by atoms with E-state index in [0.717, 1.165) is 11.2 Å². The highest BCUT2D eigenvalue weighted by molar-refractivity contribution is 9.10. The molecular weight excluding hydrogens is 440 g/mol. The van der Waals surface area contributed by atoms with Crippen LogP contribution >= 0.6 is 15.9 Å². The Balaban J connectivity index is 1.93. The third kappa shape index (κ3) is 4.22. The van der Waals surface area contributed by atoms with Crippen LogP contribution in [0.1, 0.15) is 27.1 Å². The van der Waals surface area contributed by atoms with Crippen LogP contribution in [0.3, 0.4) is 0 Å². The number of sulfone groups is 1. The summed E-state index contributed by atoms with van der Waals surface area (Å²) in [4.78, 5) is 41.1. The molecule has 0 bridgehead atoms. The highest BCUT2D eigenvalue weighted by Crippen LogP contribution is 2.29. The monoisotopic (exact) mass is 458 g/mol. The summed E-state index contributed by atoms with van der Waals surface area (Å²) in [5, 5.41) is 0. The first-order chi connectivity index (χ1) is 12.7. The third-order valence-electron chi connectivity index (χ3n) is 4.56. The summed E-state index contributed by atoms with van der Waals surface area (Å²) in [6.07, 6.45) is 0.921. The van der Waals surface area contributed by atoms with Gasteiger partial charge in [-0.1, -0.05) is 15.9 Å². The number of amides is 3. The van der Waals surface area contributed by atoms with Crippen molar-refractivity contribution in [2.75, 3.05) is 38.3 Å². The summed E-state index contributed by atoms with van der Waals surface area (Å²) in [7, 11) is -3.37. The summed E-state index contributed by atoms with van der Waals surface area (Å²) in [6, 6.07) is 3.53. The van der Waals surface area contributed by atoms with Gasteiger partial charge in [-0.3, -0.25) is 19.3 Å². The number of ether oxygens (including phenoxy) is 1. The van der Waals surface area contributed by atoms with Crippen molar-refractivity contribution in [1.82, 2.24) is 9.80 Å². The maximum Gasteiger partial charge on any atom is 0.262 e. The molecule has 27 heavy (non-hydrogen) atoms. The minimum absolute atomic E-state index is 0.137. The molecule has 8 nitrogen and oxygen atoms in total. The largest absolute Gasteiger partial charge is 0.378 e. The molecule has 10 heteroatoms. The van der Waals surface area contributed by atoms with Crippen molar-refractivity contribution < 1.29 is 27.5 Å². The van der Waals surface area contributed by atoms with Gasteiger partial charge >= 0.3 is 0 Å². The van der Waals surface area contributed by atoms with E-state index in [2.05, 4.69) is 15.9 Å². The van der Waals surface area contributed by atoms with E-state index in [0.29, 0.717) is 30.8 Å². The molecule has 1 aromatic carbocycles. The summed E-state index contributed by atoms with van der Waals surface area (Å²) >= 11 is 3.27. The zero-order valence-electron chi connectivity index (χ0n) is 14.7. The molecule has 0 aliphatic carbocycles. The molecule has 0 aromatic heterocycles. The highest BCUT2D eigenvalue weighted by atomic mass is 79.9. The number of fused-ring (bicyclic) bond motifs is 1. The zero-order chi connectivity index (χ0) is 19.8. The standard InChI is InChI=1S/C17H19BrN2O6S/c1-27(24,25)9-4-14(17(23)19-5-7-26-8-6-19)20-15(21)12-3-2-11(18)10-13(12)16(20)22/h2-3,10,14H,4-9H2,1H3/t14-/m1/s1. The number of morpholine rings is 1. The lowest BCUT2D eigenvalue weighted by molar-refractivity contribution is -0.139. The lowest BCUT2D eigenvalue weighted by atomic mass is 10.1. The lowest BCUT2D eigenvalue weighted by Crippen LogP contribution is -2.54. The first-order valence-electron chi connectivity index (χ1n) is 8.41. The Morgan fingerprint density at radius 1 is 1.19 bits per heavy atom. The predicted molar refractivity (Wildman–Crippen MR) is 100 cm³/mol. The van der Waals surface area contributed by atoms with Crippen molar-refractivity contribution in [3.8, 4) is 0 Å². The number of halogens is 1. The number of carbonyl (C=O) groups is 3. The Morgan fingerprint density at radius 3 is 2.44 bits per heavy atom. The molecule has 1 atom stereocenters. The Hall–Kier alpha value is -1.78. The molecular formula is C17H19BrN2O6S. The number of hydrogen-bond donors (Lipinski definition) is 0. The Morgan fingerprint density at radius 2 is 1.81 bits per heavy atom. The lowest BCUT2D eigenvalue weighted by Gasteiger charge is -2.33. The average Bonchev–Trinajstić information content (AvgIpc) is 2.86. The van der Waals surface area contributed by atoms with Crippen LogP contribution in [0.4, 0.5) is 0 Å². The number of nitrogens with zero attached hydrogens (tertiary/aromatic N) is 2. The fourth-order valence-corrected chi connectivity index (χ4v) is 4.21. The van der Waals surface area contributed by atoms with Gasteiger partial charge in [-0.05, 0) is 24.6 Å². The second-order valence-corrected chi connectivity index (χ2v) is 9.72. The summed E-state index contributed by atoms with van der Waals surface area (Å²) in [5.41, 5.74) is 0.413. The molecule has 2 aliphatic rings. The van der Waals surface area contributed by atoms with Crippen molar-refractivity contribution >= 4 is 43.5 Å². The molecule has 146 valence electrons. The summed E-state index contributed by atoms with van der Waals surface area (Å²) in [5.74, 6) is -1.90. The number of rotatable bonds is 5. The minimum atomic E-state index is -3.37. The van der Waals surface area contributed by atoms with Crippen LogP contribution < -0.4 is 0 Å². The SMILES string of the molecule is CS(=O)(=O)CC[C@H](C(=O)N1CCOCC1)N1C(=O)c2ccc(Br)cc2C1=O. The molecule has 0 saturated carbocycles. The van der Waals surface area contributed by atoms with Crippen molar-refractivity contribution in [3.63, 3.8) is 0 Å². The van der Waals surface area contributed by atoms with Gasteiger partial charge in [0.25, 0.3) is 11.8 Å². The molecule has 0 N–H and O–H groups in total. The van der Waals surface area contributed by atoms with Crippen molar-refractivity contribution in [3.05, 3.63) is 33.8 Å². The van der Waals surface area contributed by atoms with Crippen LogP contribution in [0.25, 0.3) is 0 Å². The van der Waals surface area contributed by atoms with Crippen LogP contribution in [0.2, 0.25) is 0 Å². The maximum atomic E-state index is 13.0. The summed E-state index contributed by atoms with van der Waals surface area (Å²) in [6.45, 7) is 1.39. The van der Waals surface area contributed by atoms with E-state index >= 15 is 0 Å². The van der Waals surface area contributed by atoms with Crippen LogP contribution in [-0.4, -0.2) is 80.3 Å². The fraction of sp³-hybridized carbons (Fsp3) is 0.471. The number of carbonyl (C=O) groups excluding carboxylic acids is 3. The quantitative estimate of drug-likeness (QED) is 0.602. The number of benzene rings is 1. The van der Waals surface area contributed by atoms with Gasteiger partial charge < -0.3 is 9.64 Å². The molecule has 2 heterocycles. The molecule has 1 aromatic rings. The molecule has 0 spiro atoms. The van der Waals surface area contributed by atoms with Crippen LogP contribution in [0, 0.1) is 0 Å². The Kier molecular flexibility index (Phi) is 5.68. The van der Waals surface area contributed by atoms with Gasteiger partial charge in [0.2, 0.25) is 5.91 Å². The van der Waals surface area contributed by atoms with E-state index in [1.807, 2.05) is 0 Å². The first-order valence-corrected chi connectivity index (χ1v) is 11.3. The number of imide groups is 1. The van der Waals surface area contributed by atoms with Crippen LogP contribution in [0.15, 0.2) is 22.7 Å². The minimum Gasteiger partial charge on any atom is -0.378 e. The van der Waals surface area contributed by atoms with Gasteiger partial charge in [-0.25, -0.2) is 8.42 Å². The Labute approximate surface area is 165 Å². The van der Waals surface area contributed by atoms with Crippen LogP contribution in [0.5, 0.6) is 0 Å². The fourth-order valence-electron chi connectivity index (χ4n) is 3.20. The highest BCUT2D eigenvalue weighted by Gasteiger charge is 2.44. The molecule has 1 fully saturated rings. The van der Waals surface area contributed by atoms with Gasteiger partial charge in [0, 0.05) is 23.8 Å². The van der Waals surface area contributed by atoms with E-state index in [1.54, 1.807) is 6.07 Å². The predicted octanol–water partition coefficient (Wildman–Crippen LogP) is 0.707. The van der Waals surface area contributed by atoms with Gasteiger partial charge in [0.1, 0.15) is 15.9 Å². The normalized spacial score (nSPS) is 18.6. The molecule has 0 radical (unpaired) electrons. The van der Waals surface area contributed by atoms with Crippen LogP contribution in [-0.2, 0) is 19.4 Å². The average molecular weight is 459 g/mol. The maximum absolute atomic E-state index is 13.0. The second kappa shape index (κ2) is 7.69. The molecule has 3 rings (SSSR count). The summed E-state index contributed by atoms with van der Waals surface area (Å²) < 4.78 is 29.1. The van der Waals surface area contributed by atoms with Crippen molar-refractivity contribution in [1.29, 1.82) is 0 Å². The van der Waals surface area contributed by atoms with E-state index in [1.165, 1.54) is 17.0 Å².